The van der Waals surface area contributed by atoms with Crippen molar-refractivity contribution in [2.45, 2.75) is 26.3 Å². The summed E-state index contributed by atoms with van der Waals surface area (Å²) < 4.78 is 0. The number of aromatic nitrogens is 3. The first-order valence-corrected chi connectivity index (χ1v) is 7.49. The lowest BCUT2D eigenvalue weighted by atomic mass is 10.0. The number of nitrogens with one attached hydrogen (secondary N) is 3. The van der Waals surface area contributed by atoms with Gasteiger partial charge in [0.05, 0.1) is 5.69 Å². The van der Waals surface area contributed by atoms with Gasteiger partial charge in [-0.3, -0.25) is 14.8 Å². The van der Waals surface area contributed by atoms with Gasteiger partial charge in [-0.1, -0.05) is 30.3 Å². The van der Waals surface area contributed by atoms with Crippen LogP contribution in [0.15, 0.2) is 46.1 Å². The van der Waals surface area contributed by atoms with Crippen molar-refractivity contribution in [1.29, 1.82) is 0 Å². The van der Waals surface area contributed by atoms with Gasteiger partial charge in [-0.2, -0.15) is 0 Å². The van der Waals surface area contributed by atoms with Crippen molar-refractivity contribution < 1.29 is 0 Å². The SMILES string of the molecule is CC(C)Nc1c(Cc2ccccc2)cnc2[nH]c(=O)[nH]c(=O)c12. The molecule has 23 heavy (non-hydrogen) atoms. The number of nitrogens with zero attached hydrogens (tertiary/aromatic N) is 1. The lowest BCUT2D eigenvalue weighted by molar-refractivity contribution is 0.895. The van der Waals surface area contributed by atoms with E-state index in [4.69, 9.17) is 0 Å². The zero-order chi connectivity index (χ0) is 16.4. The minimum atomic E-state index is -0.554. The quantitative estimate of drug-likeness (QED) is 0.687. The number of pyridine rings is 1. The second-order valence-electron chi connectivity index (χ2n) is 5.75. The van der Waals surface area contributed by atoms with Crippen LogP contribution in [0.5, 0.6) is 0 Å². The molecule has 0 saturated heterocycles. The fraction of sp³-hybridized carbons (Fsp3) is 0.235. The number of aromatic amines is 2. The summed E-state index contributed by atoms with van der Waals surface area (Å²) in [6.45, 7) is 4.00. The third kappa shape index (κ3) is 3.15. The van der Waals surface area contributed by atoms with Crippen LogP contribution in [0.1, 0.15) is 25.0 Å². The molecule has 0 spiro atoms. The zero-order valence-electron chi connectivity index (χ0n) is 13.0. The van der Waals surface area contributed by atoms with Crippen molar-refractivity contribution in [3.05, 3.63) is 68.5 Å². The number of hydrogen-bond donors (Lipinski definition) is 3. The molecule has 3 rings (SSSR count). The predicted molar refractivity (Wildman–Crippen MR) is 91.0 cm³/mol. The summed E-state index contributed by atoms with van der Waals surface area (Å²) in [5, 5.41) is 3.70. The predicted octanol–water partition coefficient (Wildman–Crippen LogP) is 2.02. The van der Waals surface area contributed by atoms with Gasteiger partial charge in [-0.25, -0.2) is 9.78 Å². The maximum atomic E-state index is 12.3. The summed E-state index contributed by atoms with van der Waals surface area (Å²) in [4.78, 5) is 32.8. The first-order chi connectivity index (χ1) is 11.0. The van der Waals surface area contributed by atoms with E-state index in [1.807, 2.05) is 44.2 Å². The largest absolute Gasteiger partial charge is 0.382 e. The molecule has 0 aliphatic rings. The highest BCUT2D eigenvalue weighted by Crippen LogP contribution is 2.24. The number of rotatable bonds is 4. The molecule has 6 nitrogen and oxygen atoms in total. The summed E-state index contributed by atoms with van der Waals surface area (Å²) in [5.74, 6) is 0. The van der Waals surface area contributed by atoms with Crippen LogP contribution in [0.4, 0.5) is 5.69 Å². The van der Waals surface area contributed by atoms with Crippen LogP contribution in [-0.4, -0.2) is 21.0 Å². The average Bonchev–Trinajstić information content (AvgIpc) is 2.49. The number of benzene rings is 1. The molecule has 3 N–H and O–H groups in total. The molecule has 0 aliphatic heterocycles. The Morgan fingerprint density at radius 2 is 1.87 bits per heavy atom. The van der Waals surface area contributed by atoms with E-state index < -0.39 is 11.2 Å². The smallest absolute Gasteiger partial charge is 0.327 e. The molecular weight excluding hydrogens is 292 g/mol. The fourth-order valence-corrected chi connectivity index (χ4v) is 2.57. The van der Waals surface area contributed by atoms with Gasteiger partial charge in [0, 0.05) is 18.7 Å². The van der Waals surface area contributed by atoms with E-state index in [0.29, 0.717) is 23.1 Å². The van der Waals surface area contributed by atoms with E-state index in [9.17, 15) is 9.59 Å². The Morgan fingerprint density at radius 1 is 1.13 bits per heavy atom. The fourth-order valence-electron chi connectivity index (χ4n) is 2.57. The highest BCUT2D eigenvalue weighted by atomic mass is 16.2. The van der Waals surface area contributed by atoms with Crippen molar-refractivity contribution >= 4 is 16.7 Å². The summed E-state index contributed by atoms with van der Waals surface area (Å²) in [6.07, 6.45) is 2.35. The van der Waals surface area contributed by atoms with Crippen LogP contribution in [0.25, 0.3) is 11.0 Å². The number of hydrogen-bond acceptors (Lipinski definition) is 4. The summed E-state index contributed by atoms with van der Waals surface area (Å²) >= 11 is 0. The van der Waals surface area contributed by atoms with Crippen molar-refractivity contribution in [2.24, 2.45) is 0 Å². The molecule has 2 heterocycles. The third-order valence-corrected chi connectivity index (χ3v) is 3.51. The Hall–Kier alpha value is -2.89. The summed E-state index contributed by atoms with van der Waals surface area (Å²) in [5.41, 5.74) is 2.05. The Bertz CT molecular complexity index is 942. The zero-order valence-corrected chi connectivity index (χ0v) is 13.0. The third-order valence-electron chi connectivity index (χ3n) is 3.51. The average molecular weight is 310 g/mol. The number of anilines is 1. The topological polar surface area (TPSA) is 90.6 Å². The van der Waals surface area contributed by atoms with E-state index in [1.54, 1.807) is 6.20 Å². The second kappa shape index (κ2) is 6.08. The molecule has 2 aromatic heterocycles. The monoisotopic (exact) mass is 310 g/mol. The molecule has 118 valence electrons. The van der Waals surface area contributed by atoms with Crippen LogP contribution in [0.3, 0.4) is 0 Å². The molecule has 0 radical (unpaired) electrons. The Balaban J connectivity index is 2.21. The normalized spacial score (nSPS) is 11.1. The second-order valence-corrected chi connectivity index (χ2v) is 5.75. The van der Waals surface area contributed by atoms with Gasteiger partial charge < -0.3 is 5.32 Å². The van der Waals surface area contributed by atoms with Crippen molar-refractivity contribution in [3.8, 4) is 0 Å². The Kier molecular flexibility index (Phi) is 3.97. The molecule has 0 aliphatic carbocycles. The molecule has 0 saturated carbocycles. The molecule has 0 fully saturated rings. The minimum absolute atomic E-state index is 0.140. The maximum absolute atomic E-state index is 12.3. The van der Waals surface area contributed by atoms with E-state index in [1.165, 1.54) is 0 Å². The standard InChI is InChI=1S/C17H18N4O2/c1-10(2)19-14-12(8-11-6-4-3-5-7-11)9-18-15-13(14)16(22)21-17(23)20-15/h3-7,9-10H,8H2,1-2H3,(H3,18,19,20,21,22,23). The number of fused-ring (bicyclic) bond motifs is 1. The van der Waals surface area contributed by atoms with Crippen LogP contribution in [-0.2, 0) is 6.42 Å². The first kappa shape index (κ1) is 15.0. The van der Waals surface area contributed by atoms with Crippen molar-refractivity contribution in [1.82, 2.24) is 15.0 Å². The summed E-state index contributed by atoms with van der Waals surface area (Å²) in [7, 11) is 0. The van der Waals surface area contributed by atoms with Gasteiger partial charge in [0.25, 0.3) is 5.56 Å². The van der Waals surface area contributed by atoms with Crippen LogP contribution < -0.4 is 16.6 Å². The lowest BCUT2D eigenvalue weighted by Gasteiger charge is -2.16. The van der Waals surface area contributed by atoms with E-state index >= 15 is 0 Å². The molecule has 0 atom stereocenters. The van der Waals surface area contributed by atoms with Gasteiger partial charge >= 0.3 is 5.69 Å². The molecule has 0 bridgehead atoms. The summed E-state index contributed by atoms with van der Waals surface area (Å²) in [6, 6.07) is 10.1. The van der Waals surface area contributed by atoms with Crippen LogP contribution in [0.2, 0.25) is 0 Å². The van der Waals surface area contributed by atoms with Crippen molar-refractivity contribution in [2.75, 3.05) is 5.32 Å². The number of H-pyrrole nitrogens is 2. The van der Waals surface area contributed by atoms with Crippen LogP contribution in [0, 0.1) is 0 Å². The van der Waals surface area contributed by atoms with Crippen molar-refractivity contribution in [3.63, 3.8) is 0 Å². The Morgan fingerprint density at radius 3 is 2.57 bits per heavy atom. The highest BCUT2D eigenvalue weighted by Gasteiger charge is 2.14. The molecule has 0 amide bonds. The molecule has 0 unspecified atom stereocenters. The van der Waals surface area contributed by atoms with Gasteiger partial charge in [-0.15, -0.1) is 0 Å². The Labute approximate surface area is 132 Å². The molecule has 1 aromatic carbocycles. The molecular formula is C17H18N4O2. The molecule has 6 heteroatoms. The van der Waals surface area contributed by atoms with Gasteiger partial charge in [0.1, 0.15) is 11.0 Å². The highest BCUT2D eigenvalue weighted by molar-refractivity contribution is 5.89. The van der Waals surface area contributed by atoms with Gasteiger partial charge in [-0.05, 0) is 25.0 Å². The lowest BCUT2D eigenvalue weighted by Crippen LogP contribution is -2.24. The minimum Gasteiger partial charge on any atom is -0.382 e. The van der Waals surface area contributed by atoms with E-state index in [-0.39, 0.29) is 6.04 Å². The van der Waals surface area contributed by atoms with E-state index in [0.717, 1.165) is 11.1 Å². The van der Waals surface area contributed by atoms with Gasteiger partial charge in [0.2, 0.25) is 0 Å². The van der Waals surface area contributed by atoms with Crippen LogP contribution >= 0.6 is 0 Å². The van der Waals surface area contributed by atoms with E-state index in [2.05, 4.69) is 20.3 Å². The maximum Gasteiger partial charge on any atom is 0.327 e. The molecule has 3 aromatic rings. The van der Waals surface area contributed by atoms with Gasteiger partial charge in [0.15, 0.2) is 0 Å². The first-order valence-electron chi connectivity index (χ1n) is 7.49.